The van der Waals surface area contributed by atoms with Crippen molar-refractivity contribution in [1.29, 1.82) is 0 Å². The number of rotatable bonds is 69. The summed E-state index contributed by atoms with van der Waals surface area (Å²) in [6.45, 7) is 4.90. The van der Waals surface area contributed by atoms with Gasteiger partial charge in [-0.1, -0.05) is 304 Å². The molecule has 0 aromatic carbocycles. The van der Waals surface area contributed by atoms with Crippen molar-refractivity contribution in [2.45, 2.75) is 373 Å². The van der Waals surface area contributed by atoms with Crippen molar-refractivity contribution in [3.05, 3.63) is 0 Å². The van der Waals surface area contributed by atoms with Crippen molar-refractivity contribution < 1.29 is 80.2 Å². The van der Waals surface area contributed by atoms with Gasteiger partial charge in [0.1, 0.15) is 19.3 Å². The van der Waals surface area contributed by atoms with Crippen LogP contribution in [0.3, 0.4) is 0 Å². The van der Waals surface area contributed by atoms with Crippen LogP contribution in [-0.4, -0.2) is 96.7 Å². The van der Waals surface area contributed by atoms with Crippen LogP contribution in [0.2, 0.25) is 0 Å². The van der Waals surface area contributed by atoms with Gasteiger partial charge in [0.2, 0.25) is 0 Å². The van der Waals surface area contributed by atoms with E-state index in [1.807, 2.05) is 0 Å². The van der Waals surface area contributed by atoms with Gasteiger partial charge in [-0.2, -0.15) is 0 Å². The summed E-state index contributed by atoms with van der Waals surface area (Å²) >= 11 is 0. The van der Waals surface area contributed by atoms with Crippen molar-refractivity contribution in [1.82, 2.24) is 0 Å². The average molecular weight is 1280 g/mol. The first-order valence-electron chi connectivity index (χ1n) is 35.8. The van der Waals surface area contributed by atoms with Gasteiger partial charge in [-0.3, -0.25) is 37.3 Å². The van der Waals surface area contributed by atoms with Crippen molar-refractivity contribution >= 4 is 39.5 Å². The number of aliphatic hydroxyl groups is 1. The van der Waals surface area contributed by atoms with Gasteiger partial charge in [0.15, 0.2) is 12.2 Å². The van der Waals surface area contributed by atoms with E-state index < -0.39 is 97.5 Å². The number of ether oxygens (including phenoxy) is 4. The number of phosphoric ester groups is 2. The lowest BCUT2D eigenvalue weighted by atomic mass is 10.0. The number of esters is 4. The largest absolute Gasteiger partial charge is 0.472 e. The third kappa shape index (κ3) is 62.6. The van der Waals surface area contributed by atoms with Crippen LogP contribution in [0.25, 0.3) is 0 Å². The highest BCUT2D eigenvalue weighted by atomic mass is 31.2. The van der Waals surface area contributed by atoms with Crippen molar-refractivity contribution in [2.24, 2.45) is 0 Å². The summed E-state index contributed by atoms with van der Waals surface area (Å²) in [5.74, 6) is -2.13. The van der Waals surface area contributed by atoms with E-state index in [0.717, 1.165) is 103 Å². The lowest BCUT2D eigenvalue weighted by Gasteiger charge is -2.21. The molecule has 2 unspecified atom stereocenters. The molecule has 0 rings (SSSR count). The van der Waals surface area contributed by atoms with E-state index >= 15 is 0 Å². The molecule has 0 radical (unpaired) electrons. The zero-order valence-electron chi connectivity index (χ0n) is 56.0. The van der Waals surface area contributed by atoms with E-state index in [-0.39, 0.29) is 25.7 Å². The Labute approximate surface area is 530 Å². The molecule has 516 valence electrons. The van der Waals surface area contributed by atoms with E-state index in [2.05, 4.69) is 27.7 Å². The van der Waals surface area contributed by atoms with Crippen LogP contribution in [0, 0.1) is 0 Å². The molecular weight excluding hydrogens is 1150 g/mol. The molecule has 0 aliphatic carbocycles. The Bertz CT molecular complexity index is 1670. The zero-order valence-corrected chi connectivity index (χ0v) is 57.8. The van der Waals surface area contributed by atoms with Gasteiger partial charge in [0.25, 0.3) is 0 Å². The first-order chi connectivity index (χ1) is 42.2. The zero-order chi connectivity index (χ0) is 64.0. The van der Waals surface area contributed by atoms with Gasteiger partial charge in [-0.15, -0.1) is 0 Å². The number of hydrogen-bond acceptors (Lipinski definition) is 15. The SMILES string of the molecule is CCCCCCCCCCCCCCCCCC(=O)O[C@H](COC(=O)CCCCCCCCCCCCCCC)COP(=O)(O)OC[C@@H](O)COP(=O)(O)OC[C@@H](COC(=O)CCCCCCCCC)OC(=O)CCCCCCCCCCCCCC. The minimum Gasteiger partial charge on any atom is -0.462 e. The highest BCUT2D eigenvalue weighted by molar-refractivity contribution is 7.47. The van der Waals surface area contributed by atoms with Crippen molar-refractivity contribution in [3.8, 4) is 0 Å². The van der Waals surface area contributed by atoms with Gasteiger partial charge in [-0.25, -0.2) is 9.13 Å². The predicted octanol–water partition coefficient (Wildman–Crippen LogP) is 19.5. The maximum absolute atomic E-state index is 13.0. The normalized spacial score (nSPS) is 14.1. The molecule has 3 N–H and O–H groups in total. The van der Waals surface area contributed by atoms with Crippen LogP contribution in [0.4, 0.5) is 0 Å². The van der Waals surface area contributed by atoms with Crippen LogP contribution < -0.4 is 0 Å². The molecule has 0 aliphatic heterocycles. The molecule has 0 saturated heterocycles. The molecule has 0 aromatic heterocycles. The van der Waals surface area contributed by atoms with E-state index in [1.165, 1.54) is 173 Å². The molecule has 87 heavy (non-hydrogen) atoms. The minimum atomic E-state index is -4.95. The molecule has 0 amide bonds. The average Bonchev–Trinajstić information content (AvgIpc) is 3.52. The standard InChI is InChI=1S/C68H132O17P2/c1-5-9-13-17-21-24-27-30-31-33-36-39-43-47-51-55-68(73)85-64(59-79-66(71)53-49-45-41-37-35-32-28-25-22-18-14-10-6-2)61-83-87(76,77)81-57-62(69)56-80-86(74,75)82-60-63(58-78-65(70)52-48-44-40-20-16-12-8-4)84-67(72)54-50-46-42-38-34-29-26-23-19-15-11-7-3/h62-64,69H,5-61H2,1-4H3,(H,74,75)(H,76,77)/t62-,63+,64+/m0/s1. The van der Waals surface area contributed by atoms with E-state index in [1.54, 1.807) is 0 Å². The molecule has 0 spiro atoms. The number of hydrogen-bond donors (Lipinski definition) is 3. The maximum Gasteiger partial charge on any atom is 0.472 e. The summed E-state index contributed by atoms with van der Waals surface area (Å²) in [4.78, 5) is 72.3. The number of unbranched alkanes of at least 4 members (excludes halogenated alkanes) is 43. The molecule has 0 saturated carbocycles. The fraction of sp³-hybridized carbons (Fsp3) is 0.941. The number of carbonyl (C=O) groups excluding carboxylic acids is 4. The molecule has 0 fully saturated rings. The molecule has 0 aromatic rings. The molecule has 0 heterocycles. The van der Waals surface area contributed by atoms with Crippen LogP contribution in [0.5, 0.6) is 0 Å². The lowest BCUT2D eigenvalue weighted by Crippen LogP contribution is -2.30. The summed E-state index contributed by atoms with van der Waals surface area (Å²) in [6, 6.07) is 0. The molecule has 17 nitrogen and oxygen atoms in total. The number of phosphoric acid groups is 2. The van der Waals surface area contributed by atoms with Gasteiger partial charge in [0.05, 0.1) is 26.4 Å². The smallest absolute Gasteiger partial charge is 0.462 e. The van der Waals surface area contributed by atoms with Gasteiger partial charge >= 0.3 is 39.5 Å². The van der Waals surface area contributed by atoms with E-state index in [4.69, 9.17) is 37.0 Å². The number of carbonyl (C=O) groups is 4. The van der Waals surface area contributed by atoms with Crippen LogP contribution in [-0.2, 0) is 65.4 Å². The Morgan fingerprint density at radius 2 is 0.460 bits per heavy atom. The predicted molar refractivity (Wildman–Crippen MR) is 349 cm³/mol. The molecule has 0 aliphatic rings. The summed E-state index contributed by atoms with van der Waals surface area (Å²) < 4.78 is 68.1. The minimum absolute atomic E-state index is 0.107. The highest BCUT2D eigenvalue weighted by Gasteiger charge is 2.30. The second-order valence-corrected chi connectivity index (χ2v) is 27.5. The second-order valence-electron chi connectivity index (χ2n) is 24.6. The first-order valence-corrected chi connectivity index (χ1v) is 38.8. The summed E-state index contributed by atoms with van der Waals surface area (Å²) in [5, 5.41) is 10.6. The third-order valence-corrected chi connectivity index (χ3v) is 17.8. The Balaban J connectivity index is 5.21. The molecular formula is C68H132O17P2. The van der Waals surface area contributed by atoms with E-state index in [0.29, 0.717) is 25.7 Å². The molecule has 0 bridgehead atoms. The van der Waals surface area contributed by atoms with Gasteiger partial charge in [0, 0.05) is 25.7 Å². The Kier molecular flexibility index (Phi) is 61.4. The van der Waals surface area contributed by atoms with Crippen LogP contribution >= 0.6 is 15.6 Å². The summed E-state index contributed by atoms with van der Waals surface area (Å²) in [5.41, 5.74) is 0. The van der Waals surface area contributed by atoms with Crippen molar-refractivity contribution in [2.75, 3.05) is 39.6 Å². The van der Waals surface area contributed by atoms with Crippen molar-refractivity contribution in [3.63, 3.8) is 0 Å². The Morgan fingerprint density at radius 1 is 0.276 bits per heavy atom. The van der Waals surface area contributed by atoms with Crippen LogP contribution in [0.15, 0.2) is 0 Å². The molecule has 5 atom stereocenters. The van der Waals surface area contributed by atoms with Gasteiger partial charge < -0.3 is 33.8 Å². The van der Waals surface area contributed by atoms with E-state index in [9.17, 15) is 43.2 Å². The monoisotopic (exact) mass is 1280 g/mol. The number of aliphatic hydroxyl groups excluding tert-OH is 1. The lowest BCUT2D eigenvalue weighted by molar-refractivity contribution is -0.161. The second kappa shape index (κ2) is 62.8. The summed E-state index contributed by atoms with van der Waals surface area (Å²) in [6.07, 6.45) is 49.9. The van der Waals surface area contributed by atoms with Crippen LogP contribution in [0.1, 0.15) is 355 Å². The van der Waals surface area contributed by atoms with Gasteiger partial charge in [-0.05, 0) is 25.7 Å². The summed E-state index contributed by atoms with van der Waals surface area (Å²) in [7, 11) is -9.89. The quantitative estimate of drug-likeness (QED) is 0.0222. The highest BCUT2D eigenvalue weighted by Crippen LogP contribution is 2.45. The Hall–Kier alpha value is -1.94. The first kappa shape index (κ1) is 85.1. The topological polar surface area (TPSA) is 237 Å². The Morgan fingerprint density at radius 3 is 0.678 bits per heavy atom. The molecule has 19 heteroatoms. The maximum atomic E-state index is 13.0. The fourth-order valence-corrected chi connectivity index (χ4v) is 11.9. The third-order valence-electron chi connectivity index (χ3n) is 15.9. The fourth-order valence-electron chi connectivity index (χ4n) is 10.3.